The molecule has 0 atom stereocenters. The topological polar surface area (TPSA) is 49.3 Å². The number of nitrogens with zero attached hydrogens (tertiary/aromatic N) is 3. The second-order valence-corrected chi connectivity index (χ2v) is 7.37. The van der Waals surface area contributed by atoms with Crippen molar-refractivity contribution in [2.75, 3.05) is 60.6 Å². The maximum Gasteiger partial charge on any atom is 0.194 e. The van der Waals surface area contributed by atoms with E-state index in [9.17, 15) is 0 Å². The SMILES string of the molecule is CCNC(=NCc1ccccc1OCCN(C)C)N(C)CCOCC1CC1. The Bertz CT molecular complexity index is 573. The molecule has 1 aromatic rings. The molecule has 1 fully saturated rings. The lowest BCUT2D eigenvalue weighted by molar-refractivity contribution is 0.115. The summed E-state index contributed by atoms with van der Waals surface area (Å²) in [7, 11) is 6.15. The second kappa shape index (κ2) is 11.8. The third-order valence-electron chi connectivity index (χ3n) is 4.49. The van der Waals surface area contributed by atoms with Crippen molar-refractivity contribution in [3.8, 4) is 5.75 Å². The van der Waals surface area contributed by atoms with Crippen molar-refractivity contribution in [3.05, 3.63) is 29.8 Å². The Morgan fingerprint density at radius 3 is 2.63 bits per heavy atom. The first-order chi connectivity index (χ1) is 13.1. The molecule has 0 radical (unpaired) electrons. The third kappa shape index (κ3) is 8.63. The van der Waals surface area contributed by atoms with Crippen molar-refractivity contribution in [1.82, 2.24) is 15.1 Å². The summed E-state index contributed by atoms with van der Waals surface area (Å²) in [4.78, 5) is 9.05. The van der Waals surface area contributed by atoms with Crippen LogP contribution in [0, 0.1) is 5.92 Å². The summed E-state index contributed by atoms with van der Waals surface area (Å²) in [6, 6.07) is 8.14. The predicted molar refractivity (Wildman–Crippen MR) is 111 cm³/mol. The van der Waals surface area contributed by atoms with Crippen LogP contribution >= 0.6 is 0 Å². The van der Waals surface area contributed by atoms with E-state index in [4.69, 9.17) is 14.5 Å². The van der Waals surface area contributed by atoms with Gasteiger partial charge in [0, 0.05) is 38.9 Å². The van der Waals surface area contributed by atoms with Crippen LogP contribution in [0.15, 0.2) is 29.3 Å². The van der Waals surface area contributed by atoms with Crippen LogP contribution in [0.25, 0.3) is 0 Å². The highest BCUT2D eigenvalue weighted by Crippen LogP contribution is 2.28. The molecule has 6 nitrogen and oxygen atoms in total. The van der Waals surface area contributed by atoms with E-state index in [1.54, 1.807) is 0 Å². The summed E-state index contributed by atoms with van der Waals surface area (Å²) in [5, 5.41) is 3.37. The summed E-state index contributed by atoms with van der Waals surface area (Å²) >= 11 is 0. The molecule has 1 aliphatic rings. The first kappa shape index (κ1) is 21.5. The van der Waals surface area contributed by atoms with Crippen molar-refractivity contribution < 1.29 is 9.47 Å². The van der Waals surface area contributed by atoms with Gasteiger partial charge in [-0.05, 0) is 45.8 Å². The molecule has 1 saturated carbocycles. The number of hydrogen-bond acceptors (Lipinski definition) is 4. The average molecular weight is 377 g/mol. The van der Waals surface area contributed by atoms with Crippen LogP contribution in [0.2, 0.25) is 0 Å². The minimum absolute atomic E-state index is 0.591. The zero-order chi connectivity index (χ0) is 19.5. The molecule has 1 aliphatic carbocycles. The summed E-state index contributed by atoms with van der Waals surface area (Å²) < 4.78 is 11.7. The number of guanidine groups is 1. The molecule has 0 heterocycles. The number of rotatable bonds is 12. The highest BCUT2D eigenvalue weighted by atomic mass is 16.5. The average Bonchev–Trinajstić information content (AvgIpc) is 3.47. The van der Waals surface area contributed by atoms with Crippen LogP contribution in [0.4, 0.5) is 0 Å². The Balaban J connectivity index is 1.88. The van der Waals surface area contributed by atoms with E-state index in [-0.39, 0.29) is 0 Å². The van der Waals surface area contributed by atoms with Gasteiger partial charge in [-0.15, -0.1) is 0 Å². The Labute approximate surface area is 164 Å². The van der Waals surface area contributed by atoms with E-state index in [1.165, 1.54) is 12.8 Å². The Kier molecular flexibility index (Phi) is 9.42. The van der Waals surface area contributed by atoms with Gasteiger partial charge in [-0.3, -0.25) is 0 Å². The maximum absolute atomic E-state index is 5.94. The van der Waals surface area contributed by atoms with Crippen molar-refractivity contribution in [1.29, 1.82) is 0 Å². The first-order valence-corrected chi connectivity index (χ1v) is 10.0. The van der Waals surface area contributed by atoms with Gasteiger partial charge in [-0.2, -0.15) is 0 Å². The largest absolute Gasteiger partial charge is 0.492 e. The van der Waals surface area contributed by atoms with Crippen LogP contribution in [-0.4, -0.2) is 76.4 Å². The van der Waals surface area contributed by atoms with E-state index in [1.807, 2.05) is 32.3 Å². The summed E-state index contributed by atoms with van der Waals surface area (Å²) in [5.74, 6) is 2.62. The number of likely N-dealkylation sites (N-methyl/N-ethyl adjacent to an activating group) is 2. The highest BCUT2D eigenvalue weighted by Gasteiger charge is 2.21. The molecule has 27 heavy (non-hydrogen) atoms. The molecule has 0 saturated heterocycles. The molecule has 1 aromatic carbocycles. The molecule has 2 rings (SSSR count). The monoisotopic (exact) mass is 376 g/mol. The van der Waals surface area contributed by atoms with Gasteiger partial charge in [0.1, 0.15) is 12.4 Å². The van der Waals surface area contributed by atoms with Gasteiger partial charge >= 0.3 is 0 Å². The fourth-order valence-corrected chi connectivity index (χ4v) is 2.59. The molecule has 6 heteroatoms. The Morgan fingerprint density at radius 1 is 1.15 bits per heavy atom. The fourth-order valence-electron chi connectivity index (χ4n) is 2.59. The van der Waals surface area contributed by atoms with E-state index >= 15 is 0 Å². The molecule has 152 valence electrons. The van der Waals surface area contributed by atoms with E-state index in [2.05, 4.69) is 35.2 Å². The first-order valence-electron chi connectivity index (χ1n) is 10.0. The number of aliphatic imine (C=N–C) groups is 1. The normalized spacial score (nSPS) is 14.5. The van der Waals surface area contributed by atoms with Crippen molar-refractivity contribution in [3.63, 3.8) is 0 Å². The van der Waals surface area contributed by atoms with Crippen LogP contribution in [0.1, 0.15) is 25.3 Å². The van der Waals surface area contributed by atoms with E-state index in [0.29, 0.717) is 13.2 Å². The standard InChI is InChI=1S/C21H36N4O2/c1-5-22-21(25(4)13-14-26-17-18-10-11-18)23-16-19-8-6-7-9-20(19)27-15-12-24(2)3/h6-9,18H,5,10-17H2,1-4H3,(H,22,23). The number of para-hydroxylation sites is 1. The van der Waals surface area contributed by atoms with E-state index < -0.39 is 0 Å². The Hall–Kier alpha value is -1.79. The number of nitrogens with one attached hydrogen (secondary N) is 1. The molecule has 0 amide bonds. The van der Waals surface area contributed by atoms with Crippen molar-refractivity contribution in [2.45, 2.75) is 26.3 Å². The molecule has 0 spiro atoms. The maximum atomic E-state index is 5.94. The quantitative estimate of drug-likeness (QED) is 0.345. The van der Waals surface area contributed by atoms with Crippen molar-refractivity contribution in [2.24, 2.45) is 10.9 Å². The number of benzene rings is 1. The smallest absolute Gasteiger partial charge is 0.194 e. The molecular weight excluding hydrogens is 340 g/mol. The Morgan fingerprint density at radius 2 is 1.93 bits per heavy atom. The lowest BCUT2D eigenvalue weighted by atomic mass is 10.2. The second-order valence-electron chi connectivity index (χ2n) is 7.37. The zero-order valence-electron chi connectivity index (χ0n) is 17.4. The molecule has 0 aliphatic heterocycles. The zero-order valence-corrected chi connectivity index (χ0v) is 17.4. The van der Waals surface area contributed by atoms with Gasteiger partial charge in [0.05, 0.1) is 13.2 Å². The van der Waals surface area contributed by atoms with Gasteiger partial charge in [-0.25, -0.2) is 4.99 Å². The summed E-state index contributed by atoms with van der Waals surface area (Å²) in [6.07, 6.45) is 2.66. The number of ether oxygens (including phenoxy) is 2. The highest BCUT2D eigenvalue weighted by molar-refractivity contribution is 5.79. The fraction of sp³-hybridized carbons (Fsp3) is 0.667. The predicted octanol–water partition coefficient (Wildman–Crippen LogP) is 2.45. The molecular formula is C21H36N4O2. The molecule has 0 bridgehead atoms. The van der Waals surface area contributed by atoms with Crippen LogP contribution < -0.4 is 10.1 Å². The molecule has 0 aromatic heterocycles. The molecule has 0 unspecified atom stereocenters. The minimum Gasteiger partial charge on any atom is -0.492 e. The van der Waals surface area contributed by atoms with Gasteiger partial charge in [0.2, 0.25) is 0 Å². The van der Waals surface area contributed by atoms with Crippen LogP contribution in [0.3, 0.4) is 0 Å². The van der Waals surface area contributed by atoms with Gasteiger partial charge in [0.15, 0.2) is 5.96 Å². The van der Waals surface area contributed by atoms with Crippen LogP contribution in [0.5, 0.6) is 5.75 Å². The number of hydrogen-bond donors (Lipinski definition) is 1. The van der Waals surface area contributed by atoms with Crippen LogP contribution in [-0.2, 0) is 11.3 Å². The van der Waals surface area contributed by atoms with E-state index in [0.717, 1.165) is 56.0 Å². The molecule has 1 N–H and O–H groups in total. The van der Waals surface area contributed by atoms with Gasteiger partial charge < -0.3 is 24.6 Å². The summed E-state index contributed by atoms with van der Waals surface area (Å²) in [6.45, 7) is 7.56. The minimum atomic E-state index is 0.591. The van der Waals surface area contributed by atoms with Crippen molar-refractivity contribution >= 4 is 5.96 Å². The van der Waals surface area contributed by atoms with Gasteiger partial charge in [-0.1, -0.05) is 18.2 Å². The third-order valence-corrected chi connectivity index (χ3v) is 4.49. The lowest BCUT2D eigenvalue weighted by Gasteiger charge is -2.22. The van der Waals surface area contributed by atoms with Gasteiger partial charge in [0.25, 0.3) is 0 Å². The lowest BCUT2D eigenvalue weighted by Crippen LogP contribution is -2.40. The summed E-state index contributed by atoms with van der Waals surface area (Å²) in [5.41, 5.74) is 1.10.